The molecule has 146 valence electrons. The molecule has 0 aromatic heterocycles. The van der Waals surface area contributed by atoms with Crippen LogP contribution in [0.2, 0.25) is 0 Å². The van der Waals surface area contributed by atoms with E-state index in [4.69, 9.17) is 9.47 Å². The van der Waals surface area contributed by atoms with E-state index in [0.29, 0.717) is 45.3 Å². The number of carbonyl (C=O) groups excluding carboxylic acids is 2. The molecule has 0 unspecified atom stereocenters. The van der Waals surface area contributed by atoms with Gasteiger partial charge in [-0.15, -0.1) is 6.58 Å². The summed E-state index contributed by atoms with van der Waals surface area (Å²) in [5.41, 5.74) is 1.01. The molecule has 0 aliphatic heterocycles. The van der Waals surface area contributed by atoms with Gasteiger partial charge in [-0.1, -0.05) is 57.4 Å². The van der Waals surface area contributed by atoms with Gasteiger partial charge >= 0.3 is 11.9 Å². The van der Waals surface area contributed by atoms with Crippen molar-refractivity contribution < 1.29 is 19.1 Å². The number of esters is 2. The van der Waals surface area contributed by atoms with Crippen LogP contribution < -0.4 is 0 Å². The first-order valence-electron chi connectivity index (χ1n) is 10.0. The van der Waals surface area contributed by atoms with Crippen molar-refractivity contribution in [3.05, 3.63) is 12.2 Å². The fourth-order valence-corrected chi connectivity index (χ4v) is 2.44. The molecule has 4 heteroatoms. The Hall–Kier alpha value is -1.32. The average Bonchev–Trinajstić information content (AvgIpc) is 2.57. The summed E-state index contributed by atoms with van der Waals surface area (Å²) in [6, 6.07) is 0. The lowest BCUT2D eigenvalue weighted by atomic mass is 10.1. The zero-order valence-electron chi connectivity index (χ0n) is 16.4. The Labute approximate surface area is 154 Å². The lowest BCUT2D eigenvalue weighted by Gasteiger charge is -2.06. The molecule has 0 spiro atoms. The summed E-state index contributed by atoms with van der Waals surface area (Å²) in [6.07, 6.45) is 12.7. The quantitative estimate of drug-likeness (QED) is 0.190. The Bertz CT molecular complexity index is 363. The Morgan fingerprint density at radius 2 is 1.16 bits per heavy atom. The number of hydrogen-bond acceptors (Lipinski definition) is 4. The first-order chi connectivity index (χ1) is 12.1. The van der Waals surface area contributed by atoms with Gasteiger partial charge in [0.2, 0.25) is 0 Å². The molecule has 0 aromatic carbocycles. The van der Waals surface area contributed by atoms with E-state index in [1.54, 1.807) is 0 Å². The zero-order valence-corrected chi connectivity index (χ0v) is 16.4. The molecule has 0 fully saturated rings. The fourth-order valence-electron chi connectivity index (χ4n) is 2.44. The maximum atomic E-state index is 11.6. The van der Waals surface area contributed by atoms with Crippen molar-refractivity contribution in [2.45, 2.75) is 97.3 Å². The highest BCUT2D eigenvalue weighted by atomic mass is 16.5. The molecule has 0 aliphatic rings. The molecule has 0 rings (SSSR count). The predicted molar refractivity (Wildman–Crippen MR) is 102 cm³/mol. The number of hydrogen-bond donors (Lipinski definition) is 0. The molecule has 0 radical (unpaired) electrons. The molecule has 0 bridgehead atoms. The van der Waals surface area contributed by atoms with E-state index in [2.05, 4.69) is 13.5 Å². The summed E-state index contributed by atoms with van der Waals surface area (Å²) in [5, 5.41) is 0. The van der Waals surface area contributed by atoms with E-state index < -0.39 is 0 Å². The minimum absolute atomic E-state index is 0.154. The summed E-state index contributed by atoms with van der Waals surface area (Å²) in [6.45, 7) is 8.82. The first kappa shape index (κ1) is 23.7. The molecule has 0 saturated heterocycles. The van der Waals surface area contributed by atoms with Gasteiger partial charge < -0.3 is 9.47 Å². The van der Waals surface area contributed by atoms with Crippen molar-refractivity contribution in [2.24, 2.45) is 0 Å². The smallest absolute Gasteiger partial charge is 0.305 e. The van der Waals surface area contributed by atoms with E-state index in [0.717, 1.165) is 18.4 Å². The maximum absolute atomic E-state index is 11.6. The van der Waals surface area contributed by atoms with Gasteiger partial charge in [0, 0.05) is 19.3 Å². The van der Waals surface area contributed by atoms with E-state index in [9.17, 15) is 9.59 Å². The second-order valence-corrected chi connectivity index (χ2v) is 6.83. The van der Waals surface area contributed by atoms with Crippen LogP contribution in [-0.2, 0) is 19.1 Å². The van der Waals surface area contributed by atoms with Crippen LogP contribution in [0.15, 0.2) is 12.2 Å². The topological polar surface area (TPSA) is 52.6 Å². The number of ether oxygens (including phenoxy) is 2. The van der Waals surface area contributed by atoms with E-state index in [1.807, 2.05) is 6.92 Å². The summed E-state index contributed by atoms with van der Waals surface area (Å²) >= 11 is 0. The highest BCUT2D eigenvalue weighted by Crippen LogP contribution is 2.09. The number of carbonyl (C=O) groups is 2. The van der Waals surface area contributed by atoms with Crippen molar-refractivity contribution in [1.82, 2.24) is 0 Å². The molecule has 0 aliphatic carbocycles. The summed E-state index contributed by atoms with van der Waals surface area (Å²) in [4.78, 5) is 23.1. The second kappa shape index (κ2) is 17.5. The highest BCUT2D eigenvalue weighted by Gasteiger charge is 2.06. The first-order valence-corrected chi connectivity index (χ1v) is 10.0. The van der Waals surface area contributed by atoms with Gasteiger partial charge in [-0.05, 0) is 26.2 Å². The van der Waals surface area contributed by atoms with Crippen LogP contribution in [0.1, 0.15) is 97.3 Å². The normalized spacial score (nSPS) is 10.5. The summed E-state index contributed by atoms with van der Waals surface area (Å²) < 4.78 is 10.3. The molecule has 4 nitrogen and oxygen atoms in total. The molecule has 0 amide bonds. The molecule has 0 N–H and O–H groups in total. The lowest BCUT2D eigenvalue weighted by molar-refractivity contribution is -0.146. The predicted octanol–water partition coefficient (Wildman–Crippen LogP) is 5.74. The van der Waals surface area contributed by atoms with Crippen LogP contribution >= 0.6 is 0 Å². The molecular formula is C21H38O4. The van der Waals surface area contributed by atoms with Gasteiger partial charge in [0.25, 0.3) is 0 Å². The van der Waals surface area contributed by atoms with Gasteiger partial charge in [0.1, 0.15) is 0 Å². The van der Waals surface area contributed by atoms with Crippen molar-refractivity contribution in [3.8, 4) is 0 Å². The van der Waals surface area contributed by atoms with Gasteiger partial charge in [-0.3, -0.25) is 9.59 Å². The highest BCUT2D eigenvalue weighted by molar-refractivity contribution is 5.70. The molecular weight excluding hydrogens is 316 g/mol. The van der Waals surface area contributed by atoms with Crippen LogP contribution in [0, 0.1) is 0 Å². The SMILES string of the molecule is C=C(C)CCOC(=O)CCCCC(=O)OCCCCCCCCCC. The molecule has 25 heavy (non-hydrogen) atoms. The van der Waals surface area contributed by atoms with Crippen molar-refractivity contribution in [2.75, 3.05) is 13.2 Å². The third-order valence-electron chi connectivity index (χ3n) is 4.06. The standard InChI is InChI=1S/C21H38O4/c1-4-5-6-7-8-9-10-13-17-24-20(22)14-11-12-15-21(23)25-18-16-19(2)3/h2,4-18H2,1,3H3. The zero-order chi connectivity index (χ0) is 18.8. The number of unbranched alkanes of at least 4 members (excludes halogenated alkanes) is 8. The summed E-state index contributed by atoms with van der Waals surface area (Å²) in [5.74, 6) is -0.354. The monoisotopic (exact) mass is 354 g/mol. The van der Waals surface area contributed by atoms with Crippen molar-refractivity contribution >= 4 is 11.9 Å². The van der Waals surface area contributed by atoms with Crippen LogP contribution in [-0.4, -0.2) is 25.2 Å². The largest absolute Gasteiger partial charge is 0.466 e. The molecule has 0 atom stereocenters. The molecule has 0 saturated carbocycles. The van der Waals surface area contributed by atoms with Gasteiger partial charge in [0.15, 0.2) is 0 Å². The lowest BCUT2D eigenvalue weighted by Crippen LogP contribution is -2.08. The Balaban J connectivity index is 3.33. The van der Waals surface area contributed by atoms with Crippen LogP contribution in [0.4, 0.5) is 0 Å². The van der Waals surface area contributed by atoms with E-state index in [-0.39, 0.29) is 11.9 Å². The van der Waals surface area contributed by atoms with Gasteiger partial charge in [-0.2, -0.15) is 0 Å². The Morgan fingerprint density at radius 3 is 1.68 bits per heavy atom. The van der Waals surface area contributed by atoms with Crippen molar-refractivity contribution in [3.63, 3.8) is 0 Å². The minimum Gasteiger partial charge on any atom is -0.466 e. The minimum atomic E-state index is -0.200. The Morgan fingerprint density at radius 1 is 0.680 bits per heavy atom. The maximum Gasteiger partial charge on any atom is 0.305 e. The van der Waals surface area contributed by atoms with Crippen LogP contribution in [0.25, 0.3) is 0 Å². The molecule has 0 aromatic rings. The van der Waals surface area contributed by atoms with Gasteiger partial charge in [0.05, 0.1) is 13.2 Å². The summed E-state index contributed by atoms with van der Waals surface area (Å²) in [7, 11) is 0. The third kappa shape index (κ3) is 18.9. The average molecular weight is 355 g/mol. The third-order valence-corrected chi connectivity index (χ3v) is 4.06. The van der Waals surface area contributed by atoms with E-state index >= 15 is 0 Å². The Kier molecular flexibility index (Phi) is 16.6. The van der Waals surface area contributed by atoms with E-state index in [1.165, 1.54) is 38.5 Å². The number of rotatable bonds is 17. The molecule has 0 heterocycles. The fraction of sp³-hybridized carbons (Fsp3) is 0.810. The van der Waals surface area contributed by atoms with Crippen LogP contribution in [0.3, 0.4) is 0 Å². The second-order valence-electron chi connectivity index (χ2n) is 6.83. The van der Waals surface area contributed by atoms with Crippen LogP contribution in [0.5, 0.6) is 0 Å². The van der Waals surface area contributed by atoms with Gasteiger partial charge in [-0.25, -0.2) is 0 Å². The van der Waals surface area contributed by atoms with Crippen molar-refractivity contribution in [1.29, 1.82) is 0 Å².